The minimum atomic E-state index is -0.767. The Bertz CT molecular complexity index is 919. The number of ketones is 1. The molecule has 0 unspecified atom stereocenters. The van der Waals surface area contributed by atoms with Crippen LogP contribution in [0.3, 0.4) is 0 Å². The number of rotatable bonds is 4. The molecular weight excluding hydrogens is 428 g/mol. The van der Waals surface area contributed by atoms with Gasteiger partial charge in [-0.05, 0) is 49.0 Å². The van der Waals surface area contributed by atoms with Crippen LogP contribution in [0, 0.1) is 28.6 Å². The van der Waals surface area contributed by atoms with Gasteiger partial charge in [0.15, 0.2) is 12.1 Å². The molecule has 0 radical (unpaired) electrons. The summed E-state index contributed by atoms with van der Waals surface area (Å²) in [6.45, 7) is 4.62. The summed E-state index contributed by atoms with van der Waals surface area (Å²) in [6.07, 6.45) is 4.92. The molecule has 0 aromatic carbocycles. The van der Waals surface area contributed by atoms with Gasteiger partial charge in [-0.2, -0.15) is 0 Å². The summed E-state index contributed by atoms with van der Waals surface area (Å²) in [6, 6.07) is 1.78. The van der Waals surface area contributed by atoms with E-state index in [4.69, 9.17) is 23.4 Å². The molecule has 0 N–H and O–H groups in total. The van der Waals surface area contributed by atoms with Crippen molar-refractivity contribution in [1.82, 2.24) is 0 Å². The standard InChI is InChI=1S/C25H32O8/c1-24-8-6-15-23(28)33-18(14-7-10-30-13-14)12-25(15,2)21(24)20(26)17(11-16(24)22(27)29-3)32-19-5-4-9-31-19/h7,10,13,15-19,21H,4-6,8-9,11-12H2,1-3H3/t15-,16-,17-,18-,19+,21-,24-,25-/m0/s1. The molecule has 4 fully saturated rings. The van der Waals surface area contributed by atoms with Crippen molar-refractivity contribution < 1.29 is 37.7 Å². The first-order valence-corrected chi connectivity index (χ1v) is 11.9. The van der Waals surface area contributed by atoms with Crippen molar-refractivity contribution in [3.05, 3.63) is 24.2 Å². The summed E-state index contributed by atoms with van der Waals surface area (Å²) in [7, 11) is 1.38. The van der Waals surface area contributed by atoms with Gasteiger partial charge in [0.25, 0.3) is 0 Å². The van der Waals surface area contributed by atoms with Crippen molar-refractivity contribution >= 4 is 17.7 Å². The van der Waals surface area contributed by atoms with Crippen LogP contribution in [0.25, 0.3) is 0 Å². The van der Waals surface area contributed by atoms with Crippen molar-refractivity contribution in [1.29, 1.82) is 0 Å². The Kier molecular flexibility index (Phi) is 5.64. The molecule has 2 saturated heterocycles. The molecule has 2 aliphatic carbocycles. The van der Waals surface area contributed by atoms with Crippen LogP contribution in [0.15, 0.2) is 23.0 Å². The molecule has 8 atom stereocenters. The van der Waals surface area contributed by atoms with E-state index in [-0.39, 0.29) is 24.1 Å². The van der Waals surface area contributed by atoms with E-state index >= 15 is 0 Å². The largest absolute Gasteiger partial charge is 0.472 e. The van der Waals surface area contributed by atoms with Gasteiger partial charge < -0.3 is 23.4 Å². The van der Waals surface area contributed by atoms with Crippen LogP contribution in [0.1, 0.15) is 64.0 Å². The van der Waals surface area contributed by atoms with Crippen LogP contribution in [0.2, 0.25) is 0 Å². The van der Waals surface area contributed by atoms with Crippen molar-refractivity contribution in [2.24, 2.45) is 28.6 Å². The Hall–Kier alpha value is -2.19. The highest BCUT2D eigenvalue weighted by Crippen LogP contribution is 2.65. The molecular formula is C25H32O8. The van der Waals surface area contributed by atoms with Crippen molar-refractivity contribution in [3.8, 4) is 0 Å². The van der Waals surface area contributed by atoms with Crippen LogP contribution < -0.4 is 0 Å². The Morgan fingerprint density at radius 1 is 1.18 bits per heavy atom. The van der Waals surface area contributed by atoms with E-state index in [1.54, 1.807) is 18.6 Å². The molecule has 0 bridgehead atoms. The van der Waals surface area contributed by atoms with Gasteiger partial charge in [0.05, 0.1) is 31.5 Å². The quantitative estimate of drug-likeness (QED) is 0.629. The van der Waals surface area contributed by atoms with Crippen molar-refractivity contribution in [2.45, 2.75) is 70.9 Å². The predicted molar refractivity (Wildman–Crippen MR) is 114 cm³/mol. The average Bonchev–Trinajstić information content (AvgIpc) is 3.48. The fourth-order valence-corrected chi connectivity index (χ4v) is 7.12. The second-order valence-electron chi connectivity index (χ2n) is 10.5. The third kappa shape index (κ3) is 3.53. The molecule has 8 heteroatoms. The van der Waals surface area contributed by atoms with Gasteiger partial charge in [0.2, 0.25) is 0 Å². The first-order chi connectivity index (χ1) is 15.8. The van der Waals surface area contributed by atoms with E-state index in [0.29, 0.717) is 25.9 Å². The van der Waals surface area contributed by atoms with Crippen LogP contribution in [0.4, 0.5) is 0 Å². The zero-order chi connectivity index (χ0) is 23.4. The second kappa shape index (κ2) is 8.24. The highest BCUT2D eigenvalue weighted by molar-refractivity contribution is 5.92. The Morgan fingerprint density at radius 2 is 2.00 bits per heavy atom. The lowest BCUT2D eigenvalue weighted by Crippen LogP contribution is -2.64. The van der Waals surface area contributed by atoms with E-state index < -0.39 is 47.1 Å². The van der Waals surface area contributed by atoms with Gasteiger partial charge in [-0.15, -0.1) is 0 Å². The van der Waals surface area contributed by atoms with E-state index in [0.717, 1.165) is 18.4 Å². The number of esters is 2. The van der Waals surface area contributed by atoms with Gasteiger partial charge in [0.1, 0.15) is 12.2 Å². The Morgan fingerprint density at radius 3 is 2.67 bits per heavy atom. The lowest BCUT2D eigenvalue weighted by Gasteiger charge is -2.61. The zero-order valence-corrected chi connectivity index (χ0v) is 19.4. The number of hydrogen-bond acceptors (Lipinski definition) is 8. The van der Waals surface area contributed by atoms with Gasteiger partial charge in [-0.3, -0.25) is 14.4 Å². The number of fused-ring (bicyclic) bond motifs is 3. The van der Waals surface area contributed by atoms with Crippen LogP contribution in [0.5, 0.6) is 0 Å². The second-order valence-corrected chi connectivity index (χ2v) is 10.5. The fraction of sp³-hybridized carbons (Fsp3) is 0.720. The molecule has 5 rings (SSSR count). The highest BCUT2D eigenvalue weighted by Gasteiger charge is 2.67. The number of furan rings is 1. The summed E-state index contributed by atoms with van der Waals surface area (Å²) in [5.41, 5.74) is -0.549. The molecule has 8 nitrogen and oxygen atoms in total. The summed E-state index contributed by atoms with van der Waals surface area (Å²) < 4.78 is 27.9. The van der Waals surface area contributed by atoms with Crippen LogP contribution in [-0.4, -0.2) is 43.8 Å². The maximum absolute atomic E-state index is 14.1. The monoisotopic (exact) mass is 460 g/mol. The third-order valence-corrected chi connectivity index (χ3v) is 8.71. The first-order valence-electron chi connectivity index (χ1n) is 11.9. The van der Waals surface area contributed by atoms with Gasteiger partial charge in [-0.1, -0.05) is 13.8 Å². The molecule has 1 aromatic heterocycles. The smallest absolute Gasteiger partial charge is 0.310 e. The van der Waals surface area contributed by atoms with Gasteiger partial charge in [0, 0.05) is 24.5 Å². The number of cyclic esters (lactones) is 1. The number of hydrogen-bond donors (Lipinski definition) is 0. The Balaban J connectivity index is 1.54. The van der Waals surface area contributed by atoms with Gasteiger partial charge in [-0.25, -0.2) is 0 Å². The molecule has 33 heavy (non-hydrogen) atoms. The fourth-order valence-electron chi connectivity index (χ4n) is 7.12. The number of methoxy groups -OCH3 is 1. The molecule has 1 aromatic rings. The lowest BCUT2D eigenvalue weighted by molar-refractivity contribution is -0.220. The third-order valence-electron chi connectivity index (χ3n) is 8.71. The van der Waals surface area contributed by atoms with Crippen LogP contribution >= 0.6 is 0 Å². The molecule has 4 aliphatic rings. The van der Waals surface area contributed by atoms with Crippen molar-refractivity contribution in [2.75, 3.05) is 13.7 Å². The topological polar surface area (TPSA) is 101 Å². The average molecular weight is 461 g/mol. The lowest BCUT2D eigenvalue weighted by atomic mass is 9.43. The minimum absolute atomic E-state index is 0.0407. The summed E-state index contributed by atoms with van der Waals surface area (Å²) in [5.74, 6) is -2.12. The highest BCUT2D eigenvalue weighted by atomic mass is 16.7. The summed E-state index contributed by atoms with van der Waals surface area (Å²) in [5, 5.41) is 0. The summed E-state index contributed by atoms with van der Waals surface area (Å²) >= 11 is 0. The molecule has 2 saturated carbocycles. The van der Waals surface area contributed by atoms with Crippen molar-refractivity contribution in [3.63, 3.8) is 0 Å². The molecule has 0 amide bonds. The number of carbonyl (C=O) groups is 3. The maximum Gasteiger partial charge on any atom is 0.310 e. The molecule has 0 spiro atoms. The predicted octanol–water partition coefficient (Wildman–Crippen LogP) is 3.59. The van der Waals surface area contributed by atoms with E-state index in [1.807, 2.05) is 13.8 Å². The first kappa shape index (κ1) is 22.6. The minimum Gasteiger partial charge on any atom is -0.472 e. The number of Topliss-reactive ketones (excluding diaryl/α,β-unsaturated/α-hetero) is 1. The van der Waals surface area contributed by atoms with E-state index in [2.05, 4.69) is 0 Å². The van der Waals surface area contributed by atoms with E-state index in [9.17, 15) is 14.4 Å². The molecule has 3 heterocycles. The molecule has 180 valence electrons. The number of ether oxygens (including phenoxy) is 4. The molecule has 2 aliphatic heterocycles. The Labute approximate surface area is 193 Å². The summed E-state index contributed by atoms with van der Waals surface area (Å²) in [4.78, 5) is 40.2. The normalized spacial score (nSPS) is 42.9. The number of carbonyl (C=O) groups excluding carboxylic acids is 3. The SMILES string of the molecule is COC(=O)[C@@H]1C[C@H](O[C@@H]2CCCO2)C(=O)[C@H]2[C@@]1(C)CC[C@H]1C(=O)O[C@H](c3ccoc3)C[C@]21C. The van der Waals surface area contributed by atoms with Crippen LogP contribution in [-0.2, 0) is 33.3 Å². The van der Waals surface area contributed by atoms with Gasteiger partial charge >= 0.3 is 11.9 Å². The van der Waals surface area contributed by atoms with E-state index in [1.165, 1.54) is 7.11 Å². The maximum atomic E-state index is 14.1. The zero-order valence-electron chi connectivity index (χ0n) is 19.4.